The summed E-state index contributed by atoms with van der Waals surface area (Å²) in [7, 11) is 1.92. The van der Waals surface area contributed by atoms with Crippen LogP contribution in [0.5, 0.6) is 0 Å². The van der Waals surface area contributed by atoms with E-state index in [1.807, 2.05) is 18.9 Å². The van der Waals surface area contributed by atoms with Gasteiger partial charge in [-0.05, 0) is 12.8 Å². The van der Waals surface area contributed by atoms with E-state index in [2.05, 4.69) is 29.9 Å². The van der Waals surface area contributed by atoms with Crippen LogP contribution in [0, 0.1) is 11.3 Å². The van der Waals surface area contributed by atoms with Crippen molar-refractivity contribution in [3.8, 4) is 6.07 Å². The molecule has 0 radical (unpaired) electrons. The van der Waals surface area contributed by atoms with E-state index in [4.69, 9.17) is 16.9 Å². The molecule has 0 fully saturated rings. The molecule has 17 heavy (non-hydrogen) atoms. The minimum Gasteiger partial charge on any atom is -0.356 e. The molecule has 92 valence electrons. The molecule has 0 N–H and O–H groups in total. The molecule has 0 aliphatic carbocycles. The second kappa shape index (κ2) is 5.83. The predicted molar refractivity (Wildman–Crippen MR) is 69.2 cm³/mol. The fraction of sp³-hybridized carbons (Fsp3) is 0.583. The van der Waals surface area contributed by atoms with Gasteiger partial charge in [0.25, 0.3) is 0 Å². The summed E-state index contributed by atoms with van der Waals surface area (Å²) < 4.78 is 0. The van der Waals surface area contributed by atoms with Gasteiger partial charge in [-0.15, -0.1) is 0 Å². The Morgan fingerprint density at radius 2 is 2.06 bits per heavy atom. The van der Waals surface area contributed by atoms with Gasteiger partial charge in [-0.3, -0.25) is 0 Å². The Labute approximate surface area is 107 Å². The highest BCUT2D eigenvalue weighted by Gasteiger charge is 2.19. The van der Waals surface area contributed by atoms with E-state index < -0.39 is 0 Å². The number of rotatable bonds is 4. The van der Waals surface area contributed by atoms with Crippen LogP contribution in [0.2, 0.25) is 5.15 Å². The van der Waals surface area contributed by atoms with Crippen LogP contribution in [0.15, 0.2) is 6.33 Å². The minimum atomic E-state index is 0.100. The number of hydrogen-bond donors (Lipinski definition) is 0. The van der Waals surface area contributed by atoms with Crippen molar-refractivity contribution < 1.29 is 0 Å². The Kier molecular flexibility index (Phi) is 4.71. The van der Waals surface area contributed by atoms with Crippen LogP contribution in [0.25, 0.3) is 0 Å². The molecule has 5 heteroatoms. The van der Waals surface area contributed by atoms with Crippen molar-refractivity contribution in [1.29, 1.82) is 5.26 Å². The fourth-order valence-electron chi connectivity index (χ4n) is 1.62. The standard InChI is InChI=1S/C12H17ClN4/c1-8(2)10-11(13)15-7-16-12(10)17(4)9(3)5-6-14/h7-9H,5H2,1-4H3. The van der Waals surface area contributed by atoms with Crippen LogP contribution in [-0.2, 0) is 0 Å². The molecule has 0 aliphatic heterocycles. The van der Waals surface area contributed by atoms with Gasteiger partial charge < -0.3 is 4.90 Å². The Balaban J connectivity index is 3.13. The van der Waals surface area contributed by atoms with Crippen molar-refractivity contribution >= 4 is 17.4 Å². The Morgan fingerprint density at radius 1 is 1.41 bits per heavy atom. The number of anilines is 1. The minimum absolute atomic E-state index is 0.100. The predicted octanol–water partition coefficient (Wildman–Crippen LogP) is 2.99. The molecule has 0 saturated carbocycles. The third-order valence-corrected chi connectivity index (χ3v) is 3.07. The Morgan fingerprint density at radius 3 is 2.59 bits per heavy atom. The molecule has 1 aromatic heterocycles. The second-order valence-electron chi connectivity index (χ2n) is 4.38. The third kappa shape index (κ3) is 3.07. The van der Waals surface area contributed by atoms with Gasteiger partial charge in [0.2, 0.25) is 0 Å². The van der Waals surface area contributed by atoms with E-state index in [1.54, 1.807) is 0 Å². The molecule has 0 bridgehead atoms. The number of halogens is 1. The maximum absolute atomic E-state index is 8.73. The van der Waals surface area contributed by atoms with Crippen LogP contribution in [0.3, 0.4) is 0 Å². The lowest BCUT2D eigenvalue weighted by Crippen LogP contribution is -2.30. The quantitative estimate of drug-likeness (QED) is 0.773. The molecule has 1 aromatic rings. The maximum Gasteiger partial charge on any atom is 0.138 e. The van der Waals surface area contributed by atoms with Gasteiger partial charge in [-0.25, -0.2) is 9.97 Å². The van der Waals surface area contributed by atoms with E-state index in [9.17, 15) is 0 Å². The van der Waals surface area contributed by atoms with Crippen molar-refractivity contribution in [1.82, 2.24) is 9.97 Å². The zero-order chi connectivity index (χ0) is 13.0. The number of aromatic nitrogens is 2. The van der Waals surface area contributed by atoms with Crippen molar-refractivity contribution in [2.45, 2.75) is 39.2 Å². The maximum atomic E-state index is 8.73. The van der Waals surface area contributed by atoms with Gasteiger partial charge in [-0.1, -0.05) is 25.4 Å². The van der Waals surface area contributed by atoms with Crippen molar-refractivity contribution in [2.75, 3.05) is 11.9 Å². The van der Waals surface area contributed by atoms with Crippen molar-refractivity contribution in [3.63, 3.8) is 0 Å². The second-order valence-corrected chi connectivity index (χ2v) is 4.74. The van der Waals surface area contributed by atoms with Crippen LogP contribution in [-0.4, -0.2) is 23.1 Å². The molecule has 0 saturated heterocycles. The zero-order valence-corrected chi connectivity index (χ0v) is 11.4. The molecule has 1 atom stereocenters. The van der Waals surface area contributed by atoms with Crippen molar-refractivity contribution in [2.24, 2.45) is 0 Å². The van der Waals surface area contributed by atoms with Crippen molar-refractivity contribution in [3.05, 3.63) is 17.0 Å². The van der Waals surface area contributed by atoms with E-state index in [1.165, 1.54) is 6.33 Å². The summed E-state index contributed by atoms with van der Waals surface area (Å²) in [5.41, 5.74) is 0.932. The van der Waals surface area contributed by atoms with E-state index in [0.29, 0.717) is 11.6 Å². The topological polar surface area (TPSA) is 52.8 Å². The van der Waals surface area contributed by atoms with Gasteiger partial charge in [-0.2, -0.15) is 5.26 Å². The van der Waals surface area contributed by atoms with E-state index in [0.717, 1.165) is 11.4 Å². The molecule has 0 aliphatic rings. The van der Waals surface area contributed by atoms with Gasteiger partial charge in [0.05, 0.1) is 12.5 Å². The van der Waals surface area contributed by atoms with Gasteiger partial charge >= 0.3 is 0 Å². The molecule has 0 spiro atoms. The Hall–Kier alpha value is -1.34. The molecular weight excluding hydrogens is 236 g/mol. The average molecular weight is 253 g/mol. The summed E-state index contributed by atoms with van der Waals surface area (Å²) in [6.45, 7) is 6.09. The molecule has 1 unspecified atom stereocenters. The molecule has 0 aromatic carbocycles. The molecular formula is C12H17ClN4. The Bertz CT molecular complexity index is 425. The number of hydrogen-bond acceptors (Lipinski definition) is 4. The molecule has 4 nitrogen and oxygen atoms in total. The fourth-order valence-corrected chi connectivity index (χ4v) is 1.97. The van der Waals surface area contributed by atoms with Crippen LogP contribution < -0.4 is 4.90 Å². The first-order valence-electron chi connectivity index (χ1n) is 5.59. The van der Waals surface area contributed by atoms with E-state index >= 15 is 0 Å². The summed E-state index contributed by atoms with van der Waals surface area (Å²) in [5.74, 6) is 1.05. The van der Waals surface area contributed by atoms with E-state index in [-0.39, 0.29) is 12.0 Å². The summed E-state index contributed by atoms with van der Waals surface area (Å²) >= 11 is 6.11. The van der Waals surface area contributed by atoms with Crippen LogP contribution >= 0.6 is 11.6 Å². The monoisotopic (exact) mass is 252 g/mol. The summed E-state index contributed by atoms with van der Waals surface area (Å²) in [6.07, 6.45) is 1.91. The summed E-state index contributed by atoms with van der Waals surface area (Å²) in [6, 6.07) is 2.26. The normalized spacial score (nSPS) is 12.3. The first-order valence-corrected chi connectivity index (χ1v) is 5.97. The first-order chi connectivity index (χ1) is 7.99. The molecule has 1 rings (SSSR count). The lowest BCUT2D eigenvalue weighted by Gasteiger charge is -2.27. The largest absolute Gasteiger partial charge is 0.356 e. The zero-order valence-electron chi connectivity index (χ0n) is 10.6. The average Bonchev–Trinajstić information content (AvgIpc) is 2.27. The summed E-state index contributed by atoms with van der Waals surface area (Å²) in [5, 5.41) is 9.22. The van der Waals surface area contributed by atoms with Gasteiger partial charge in [0, 0.05) is 18.7 Å². The summed E-state index contributed by atoms with van der Waals surface area (Å²) in [4.78, 5) is 10.3. The lowest BCUT2D eigenvalue weighted by molar-refractivity contribution is 0.682. The van der Waals surface area contributed by atoms with Gasteiger partial charge in [0.15, 0.2) is 0 Å². The lowest BCUT2D eigenvalue weighted by atomic mass is 10.0. The van der Waals surface area contributed by atoms with Gasteiger partial charge in [0.1, 0.15) is 17.3 Å². The third-order valence-electron chi connectivity index (χ3n) is 2.77. The molecule has 0 amide bonds. The highest BCUT2D eigenvalue weighted by Crippen LogP contribution is 2.30. The highest BCUT2D eigenvalue weighted by atomic mass is 35.5. The molecule has 1 heterocycles. The van der Waals surface area contributed by atoms with Crippen LogP contribution in [0.1, 0.15) is 38.7 Å². The highest BCUT2D eigenvalue weighted by molar-refractivity contribution is 6.30. The first kappa shape index (κ1) is 13.7. The SMILES string of the molecule is CC(C)c1c(Cl)ncnc1N(C)C(C)CC#N. The van der Waals surface area contributed by atoms with Crippen LogP contribution in [0.4, 0.5) is 5.82 Å². The number of nitrogens with zero attached hydrogens (tertiary/aromatic N) is 4. The number of nitriles is 1. The smallest absolute Gasteiger partial charge is 0.138 e.